The molecule has 1 unspecified atom stereocenters. The molecule has 0 amide bonds. The number of ketones is 1. The molecular formula is C23H21NO3S. The topological polar surface area (TPSA) is 54.5 Å². The molecule has 2 aromatic carbocycles. The van der Waals surface area contributed by atoms with Crippen molar-refractivity contribution in [3.63, 3.8) is 0 Å². The molecule has 0 saturated carbocycles. The van der Waals surface area contributed by atoms with E-state index in [1.807, 2.05) is 44.2 Å². The third-order valence-corrected chi connectivity index (χ3v) is 7.29. The van der Waals surface area contributed by atoms with Gasteiger partial charge in [-0.15, -0.1) is 0 Å². The Morgan fingerprint density at radius 2 is 1.68 bits per heavy atom. The molecule has 1 saturated heterocycles. The van der Waals surface area contributed by atoms with Crippen LogP contribution >= 0.6 is 0 Å². The van der Waals surface area contributed by atoms with Crippen LogP contribution in [0.15, 0.2) is 70.6 Å². The molecule has 1 atom stereocenters. The first kappa shape index (κ1) is 18.7. The van der Waals surface area contributed by atoms with Crippen molar-refractivity contribution in [1.29, 1.82) is 0 Å². The Morgan fingerprint density at radius 3 is 2.36 bits per heavy atom. The van der Waals surface area contributed by atoms with Crippen molar-refractivity contribution < 1.29 is 13.2 Å². The summed E-state index contributed by atoms with van der Waals surface area (Å²) >= 11 is 0. The van der Waals surface area contributed by atoms with Gasteiger partial charge >= 0.3 is 0 Å². The van der Waals surface area contributed by atoms with Crippen molar-refractivity contribution in [1.82, 2.24) is 4.31 Å². The number of aryl methyl sites for hydroxylation is 1. The average Bonchev–Trinajstić information content (AvgIpc) is 3.11. The number of hydrogen-bond acceptors (Lipinski definition) is 3. The predicted molar refractivity (Wildman–Crippen MR) is 108 cm³/mol. The Balaban J connectivity index is 1.69. The normalized spacial score (nSPS) is 22.1. The van der Waals surface area contributed by atoms with Gasteiger partial charge < -0.3 is 0 Å². The second-order valence-corrected chi connectivity index (χ2v) is 9.65. The summed E-state index contributed by atoms with van der Waals surface area (Å²) in [6, 6.07) is 16.3. The van der Waals surface area contributed by atoms with Gasteiger partial charge in [0.2, 0.25) is 10.0 Å². The van der Waals surface area contributed by atoms with E-state index in [0.717, 1.165) is 16.7 Å². The molecule has 2 aromatic rings. The minimum Gasteiger partial charge on any atom is -0.293 e. The highest BCUT2D eigenvalue weighted by atomic mass is 32.2. The summed E-state index contributed by atoms with van der Waals surface area (Å²) in [6.07, 6.45) is 0.307. The molecule has 0 N–H and O–H groups in total. The molecule has 0 bridgehead atoms. The summed E-state index contributed by atoms with van der Waals surface area (Å²) in [5.41, 5.74) is 2.69. The number of carbonyl (C=O) groups is 1. The van der Waals surface area contributed by atoms with E-state index in [4.69, 9.17) is 0 Å². The Morgan fingerprint density at radius 1 is 1.00 bits per heavy atom. The van der Waals surface area contributed by atoms with Crippen LogP contribution in [0.4, 0.5) is 0 Å². The summed E-state index contributed by atoms with van der Waals surface area (Å²) in [4.78, 5) is 12.8. The van der Waals surface area contributed by atoms with Crippen LogP contribution in [0.3, 0.4) is 0 Å². The molecule has 1 aliphatic carbocycles. The van der Waals surface area contributed by atoms with Gasteiger partial charge in [0, 0.05) is 30.5 Å². The number of carbonyl (C=O) groups excluding carboxylic acids is 1. The lowest BCUT2D eigenvalue weighted by Crippen LogP contribution is -2.31. The van der Waals surface area contributed by atoms with Crippen molar-refractivity contribution >= 4 is 15.8 Å². The maximum atomic E-state index is 13.1. The Kier molecular flexibility index (Phi) is 4.49. The lowest BCUT2D eigenvalue weighted by Gasteiger charge is -2.21. The largest absolute Gasteiger partial charge is 0.293 e. The molecule has 1 fully saturated rings. The fraction of sp³-hybridized carbons (Fsp3) is 0.261. The summed E-state index contributed by atoms with van der Waals surface area (Å²) in [7, 11) is -3.60. The number of rotatable bonds is 2. The van der Waals surface area contributed by atoms with E-state index in [-0.39, 0.29) is 17.2 Å². The molecule has 2 aliphatic rings. The Hall–Kier alpha value is -2.68. The van der Waals surface area contributed by atoms with E-state index in [1.54, 1.807) is 24.3 Å². The number of sulfonamides is 1. The van der Waals surface area contributed by atoms with E-state index in [0.29, 0.717) is 18.5 Å². The van der Waals surface area contributed by atoms with Crippen LogP contribution in [-0.2, 0) is 14.8 Å². The van der Waals surface area contributed by atoms with E-state index < -0.39 is 15.4 Å². The quantitative estimate of drug-likeness (QED) is 0.738. The zero-order valence-corrected chi connectivity index (χ0v) is 16.7. The van der Waals surface area contributed by atoms with Gasteiger partial charge in [0.05, 0.1) is 10.5 Å². The van der Waals surface area contributed by atoms with E-state index in [9.17, 15) is 13.2 Å². The van der Waals surface area contributed by atoms with Crippen LogP contribution in [0.1, 0.15) is 24.5 Å². The van der Waals surface area contributed by atoms with Gasteiger partial charge in [-0.05, 0) is 36.8 Å². The zero-order valence-electron chi connectivity index (χ0n) is 15.9. The van der Waals surface area contributed by atoms with Crippen LogP contribution in [0.2, 0.25) is 0 Å². The van der Waals surface area contributed by atoms with Gasteiger partial charge in [0.15, 0.2) is 5.78 Å². The van der Waals surface area contributed by atoms with E-state index in [1.165, 1.54) is 4.31 Å². The third kappa shape index (κ3) is 3.19. The first-order valence-corrected chi connectivity index (χ1v) is 10.6. The molecule has 0 spiro atoms. The van der Waals surface area contributed by atoms with Crippen molar-refractivity contribution in [3.8, 4) is 11.8 Å². The Bertz CT molecular complexity index is 1140. The highest BCUT2D eigenvalue weighted by Crippen LogP contribution is 2.47. The summed E-state index contributed by atoms with van der Waals surface area (Å²) in [5.74, 6) is 6.07. The summed E-state index contributed by atoms with van der Waals surface area (Å²) in [6.45, 7) is 4.41. The summed E-state index contributed by atoms with van der Waals surface area (Å²) < 4.78 is 27.6. The van der Waals surface area contributed by atoms with Crippen molar-refractivity contribution in [3.05, 3.63) is 76.9 Å². The fourth-order valence-corrected chi connectivity index (χ4v) is 5.42. The van der Waals surface area contributed by atoms with Gasteiger partial charge in [-0.25, -0.2) is 8.42 Å². The molecule has 5 heteroatoms. The first-order chi connectivity index (χ1) is 13.3. The average molecular weight is 391 g/mol. The fourth-order valence-electron chi connectivity index (χ4n) is 3.89. The van der Waals surface area contributed by atoms with Gasteiger partial charge in [0.1, 0.15) is 0 Å². The van der Waals surface area contributed by atoms with Gasteiger partial charge in [0.25, 0.3) is 0 Å². The highest BCUT2D eigenvalue weighted by Gasteiger charge is 2.50. The monoisotopic (exact) mass is 391 g/mol. The van der Waals surface area contributed by atoms with Crippen LogP contribution in [0, 0.1) is 24.2 Å². The lowest BCUT2D eigenvalue weighted by molar-refractivity contribution is -0.115. The lowest BCUT2D eigenvalue weighted by atomic mass is 9.86. The van der Waals surface area contributed by atoms with E-state index in [2.05, 4.69) is 11.8 Å². The number of allylic oxidation sites excluding steroid dienone is 1. The number of hydrogen-bond donors (Lipinski definition) is 0. The van der Waals surface area contributed by atoms with Crippen molar-refractivity contribution in [2.75, 3.05) is 13.1 Å². The molecule has 1 heterocycles. The number of fused-ring (bicyclic) bond motifs is 1. The highest BCUT2D eigenvalue weighted by molar-refractivity contribution is 7.89. The maximum absolute atomic E-state index is 13.1. The van der Waals surface area contributed by atoms with Crippen molar-refractivity contribution in [2.45, 2.75) is 25.2 Å². The SMILES string of the molecule is Cc1ccc(S(=O)(=O)N2CC3=C(C#Cc4ccccc4)C(=O)CC3(C)C2)cc1. The van der Waals surface area contributed by atoms with Crippen molar-refractivity contribution in [2.24, 2.45) is 5.41 Å². The smallest absolute Gasteiger partial charge is 0.243 e. The van der Waals surface area contributed by atoms with E-state index >= 15 is 0 Å². The Labute approximate surface area is 165 Å². The minimum absolute atomic E-state index is 0.00770. The van der Waals surface area contributed by atoms with Gasteiger partial charge in [-0.3, -0.25) is 4.79 Å². The molecular weight excluding hydrogens is 370 g/mol. The molecule has 142 valence electrons. The van der Waals surface area contributed by atoms with Crippen LogP contribution in [0.5, 0.6) is 0 Å². The predicted octanol–water partition coefficient (Wildman–Crippen LogP) is 3.33. The zero-order chi connectivity index (χ0) is 19.9. The molecule has 4 rings (SSSR count). The second-order valence-electron chi connectivity index (χ2n) is 7.72. The van der Waals surface area contributed by atoms with Crippen LogP contribution in [0.25, 0.3) is 0 Å². The first-order valence-electron chi connectivity index (χ1n) is 9.20. The molecule has 0 radical (unpaired) electrons. The maximum Gasteiger partial charge on any atom is 0.243 e. The van der Waals surface area contributed by atoms with Gasteiger partial charge in [-0.1, -0.05) is 54.7 Å². The molecule has 1 aliphatic heterocycles. The minimum atomic E-state index is -3.60. The van der Waals surface area contributed by atoms with Gasteiger partial charge in [-0.2, -0.15) is 4.31 Å². The molecule has 28 heavy (non-hydrogen) atoms. The third-order valence-electron chi connectivity index (χ3n) is 5.48. The van der Waals surface area contributed by atoms with Crippen LogP contribution < -0.4 is 0 Å². The van der Waals surface area contributed by atoms with Crippen LogP contribution in [-0.4, -0.2) is 31.6 Å². The standard InChI is InChI=1S/C23H21NO3S/c1-17-8-11-19(12-9-17)28(26,27)24-15-21-20(22(25)14-23(21,2)16-24)13-10-18-6-4-3-5-7-18/h3-9,11-12H,14-16H2,1-2H3. The number of nitrogens with zero attached hydrogens (tertiary/aromatic N) is 1. The molecule has 0 aromatic heterocycles. The molecule has 4 nitrogen and oxygen atoms in total. The number of Topliss-reactive ketones (excluding diaryl/α,β-unsaturated/α-hetero) is 1. The second kappa shape index (κ2) is 6.73. The number of benzene rings is 2. The summed E-state index contributed by atoms with van der Waals surface area (Å²) in [5, 5.41) is 0.